The summed E-state index contributed by atoms with van der Waals surface area (Å²) in [5.41, 5.74) is 1.05. The molecule has 6 heteroatoms. The topological polar surface area (TPSA) is 63.0 Å². The molecule has 0 aliphatic heterocycles. The first-order valence-electron chi connectivity index (χ1n) is 5.51. The highest BCUT2D eigenvalue weighted by molar-refractivity contribution is 7.09. The van der Waals surface area contributed by atoms with Crippen molar-refractivity contribution in [3.05, 3.63) is 34.5 Å². The van der Waals surface area contributed by atoms with Crippen molar-refractivity contribution >= 4 is 11.3 Å². The first kappa shape index (κ1) is 12.2. The second-order valence-corrected chi connectivity index (χ2v) is 4.84. The van der Waals surface area contributed by atoms with Crippen LogP contribution in [0.15, 0.2) is 23.8 Å². The quantitative estimate of drug-likeness (QED) is 0.798. The molecular weight excluding hydrogens is 236 g/mol. The van der Waals surface area contributed by atoms with Gasteiger partial charge in [-0.25, -0.2) is 4.98 Å². The molecule has 0 bridgehead atoms. The second kappa shape index (κ2) is 5.90. The van der Waals surface area contributed by atoms with Gasteiger partial charge in [0.2, 0.25) is 0 Å². The molecule has 0 saturated carbocycles. The Morgan fingerprint density at radius 1 is 1.59 bits per heavy atom. The summed E-state index contributed by atoms with van der Waals surface area (Å²) < 4.78 is 1.72. The van der Waals surface area contributed by atoms with E-state index in [0.717, 1.165) is 10.7 Å². The zero-order valence-electron chi connectivity index (χ0n) is 9.71. The van der Waals surface area contributed by atoms with Gasteiger partial charge in [-0.05, 0) is 13.0 Å². The standard InChI is InChI=1S/C11H16N4OS/c1-9-8-17-11(14-9)6-12-5-10(16)7-15-4-2-3-13-15/h2-4,8,10,12,16H,5-7H2,1H3. The van der Waals surface area contributed by atoms with Gasteiger partial charge in [-0.15, -0.1) is 11.3 Å². The number of nitrogens with one attached hydrogen (secondary N) is 1. The minimum Gasteiger partial charge on any atom is -0.390 e. The van der Waals surface area contributed by atoms with Crippen molar-refractivity contribution in [1.29, 1.82) is 0 Å². The third-order valence-electron chi connectivity index (χ3n) is 2.28. The fourth-order valence-electron chi connectivity index (χ4n) is 1.52. The summed E-state index contributed by atoms with van der Waals surface area (Å²) in [6, 6.07) is 1.85. The lowest BCUT2D eigenvalue weighted by atomic mass is 10.3. The number of hydrogen-bond acceptors (Lipinski definition) is 5. The van der Waals surface area contributed by atoms with E-state index in [0.29, 0.717) is 19.6 Å². The summed E-state index contributed by atoms with van der Waals surface area (Å²) >= 11 is 1.63. The van der Waals surface area contributed by atoms with Crippen LogP contribution in [0.5, 0.6) is 0 Å². The van der Waals surface area contributed by atoms with Gasteiger partial charge in [-0.2, -0.15) is 5.10 Å². The predicted molar refractivity (Wildman–Crippen MR) is 66.8 cm³/mol. The zero-order valence-corrected chi connectivity index (χ0v) is 10.5. The first-order valence-corrected chi connectivity index (χ1v) is 6.39. The van der Waals surface area contributed by atoms with E-state index in [1.807, 2.05) is 24.6 Å². The van der Waals surface area contributed by atoms with Gasteiger partial charge in [0, 0.05) is 36.6 Å². The Kier molecular flexibility index (Phi) is 4.24. The molecule has 92 valence electrons. The van der Waals surface area contributed by atoms with Crippen molar-refractivity contribution in [2.45, 2.75) is 26.1 Å². The van der Waals surface area contributed by atoms with Crippen LogP contribution < -0.4 is 5.32 Å². The maximum Gasteiger partial charge on any atom is 0.107 e. The van der Waals surface area contributed by atoms with Gasteiger partial charge in [-0.3, -0.25) is 4.68 Å². The first-order chi connectivity index (χ1) is 8.24. The number of rotatable bonds is 6. The van der Waals surface area contributed by atoms with Crippen LogP contribution >= 0.6 is 11.3 Å². The van der Waals surface area contributed by atoms with Crippen molar-refractivity contribution < 1.29 is 5.11 Å². The average Bonchev–Trinajstić information content (AvgIpc) is 2.90. The largest absolute Gasteiger partial charge is 0.390 e. The molecule has 0 aliphatic rings. The molecule has 0 amide bonds. The van der Waals surface area contributed by atoms with Crippen LogP contribution in [-0.4, -0.2) is 32.5 Å². The minimum absolute atomic E-state index is 0.434. The SMILES string of the molecule is Cc1csc(CNCC(O)Cn2cccn2)n1. The van der Waals surface area contributed by atoms with Gasteiger partial charge in [-0.1, -0.05) is 0 Å². The minimum atomic E-state index is -0.434. The van der Waals surface area contributed by atoms with Gasteiger partial charge >= 0.3 is 0 Å². The van der Waals surface area contributed by atoms with Crippen LogP contribution in [0.25, 0.3) is 0 Å². The van der Waals surface area contributed by atoms with Crippen LogP contribution in [-0.2, 0) is 13.1 Å². The Morgan fingerprint density at radius 3 is 3.12 bits per heavy atom. The number of thiazole rings is 1. The number of nitrogens with zero attached hydrogens (tertiary/aromatic N) is 3. The molecule has 0 spiro atoms. The lowest BCUT2D eigenvalue weighted by Gasteiger charge is -2.11. The molecule has 1 unspecified atom stereocenters. The smallest absolute Gasteiger partial charge is 0.107 e. The van der Waals surface area contributed by atoms with Gasteiger partial charge in [0.15, 0.2) is 0 Å². The number of hydrogen-bond donors (Lipinski definition) is 2. The van der Waals surface area contributed by atoms with Gasteiger partial charge in [0.25, 0.3) is 0 Å². The van der Waals surface area contributed by atoms with Crippen molar-refractivity contribution in [2.75, 3.05) is 6.54 Å². The van der Waals surface area contributed by atoms with Crippen LogP contribution in [0.4, 0.5) is 0 Å². The molecular formula is C11H16N4OS. The number of aromatic nitrogens is 3. The van der Waals surface area contributed by atoms with E-state index in [1.165, 1.54) is 0 Å². The van der Waals surface area contributed by atoms with E-state index in [2.05, 4.69) is 15.4 Å². The molecule has 0 fully saturated rings. The molecule has 2 aromatic rings. The van der Waals surface area contributed by atoms with Gasteiger partial charge in [0.05, 0.1) is 12.6 Å². The molecule has 2 aromatic heterocycles. The summed E-state index contributed by atoms with van der Waals surface area (Å²) in [5.74, 6) is 0. The van der Waals surface area contributed by atoms with Crippen molar-refractivity contribution in [3.8, 4) is 0 Å². The molecule has 5 nitrogen and oxygen atoms in total. The molecule has 2 heterocycles. The second-order valence-electron chi connectivity index (χ2n) is 3.90. The van der Waals surface area contributed by atoms with E-state index >= 15 is 0 Å². The Labute approximate surface area is 104 Å². The van der Waals surface area contributed by atoms with Crippen LogP contribution in [0, 0.1) is 6.92 Å². The monoisotopic (exact) mass is 252 g/mol. The van der Waals surface area contributed by atoms with Gasteiger partial charge < -0.3 is 10.4 Å². The van der Waals surface area contributed by atoms with Crippen molar-refractivity contribution in [3.63, 3.8) is 0 Å². The lowest BCUT2D eigenvalue weighted by molar-refractivity contribution is 0.146. The highest BCUT2D eigenvalue weighted by Gasteiger charge is 2.05. The number of aryl methyl sites for hydroxylation is 1. The summed E-state index contributed by atoms with van der Waals surface area (Å²) in [5, 5.41) is 20.1. The van der Waals surface area contributed by atoms with Crippen LogP contribution in [0.3, 0.4) is 0 Å². The summed E-state index contributed by atoms with van der Waals surface area (Å²) in [7, 11) is 0. The fraction of sp³-hybridized carbons (Fsp3) is 0.455. The average molecular weight is 252 g/mol. The number of aliphatic hydroxyl groups excluding tert-OH is 1. The molecule has 17 heavy (non-hydrogen) atoms. The van der Waals surface area contributed by atoms with Crippen LogP contribution in [0.2, 0.25) is 0 Å². The lowest BCUT2D eigenvalue weighted by Crippen LogP contribution is -2.30. The summed E-state index contributed by atoms with van der Waals surface area (Å²) in [4.78, 5) is 4.34. The Hall–Kier alpha value is -1.24. The molecule has 1 atom stereocenters. The Balaban J connectivity index is 1.68. The third kappa shape index (κ3) is 3.92. The Morgan fingerprint density at radius 2 is 2.47 bits per heavy atom. The van der Waals surface area contributed by atoms with E-state index in [4.69, 9.17) is 0 Å². The van der Waals surface area contributed by atoms with E-state index < -0.39 is 6.10 Å². The van der Waals surface area contributed by atoms with E-state index in [1.54, 1.807) is 22.2 Å². The highest BCUT2D eigenvalue weighted by atomic mass is 32.1. The summed E-state index contributed by atoms with van der Waals surface area (Å²) in [6.07, 6.45) is 3.11. The molecule has 0 aliphatic carbocycles. The van der Waals surface area contributed by atoms with Gasteiger partial charge in [0.1, 0.15) is 5.01 Å². The molecule has 2 N–H and O–H groups in total. The predicted octanol–water partition coefficient (Wildman–Crippen LogP) is 0.799. The highest BCUT2D eigenvalue weighted by Crippen LogP contribution is 2.07. The van der Waals surface area contributed by atoms with Crippen molar-refractivity contribution in [2.24, 2.45) is 0 Å². The maximum absolute atomic E-state index is 9.76. The van der Waals surface area contributed by atoms with Crippen LogP contribution in [0.1, 0.15) is 10.7 Å². The molecule has 0 aromatic carbocycles. The fourth-order valence-corrected chi connectivity index (χ4v) is 2.26. The summed E-state index contributed by atoms with van der Waals surface area (Å²) in [6.45, 7) is 3.73. The zero-order chi connectivity index (χ0) is 12.1. The molecule has 0 radical (unpaired) electrons. The Bertz CT molecular complexity index is 440. The number of aliphatic hydroxyl groups is 1. The normalized spacial score (nSPS) is 12.8. The third-order valence-corrected chi connectivity index (χ3v) is 3.25. The van der Waals surface area contributed by atoms with Crippen molar-refractivity contribution in [1.82, 2.24) is 20.1 Å². The van der Waals surface area contributed by atoms with E-state index in [-0.39, 0.29) is 0 Å². The molecule has 0 saturated heterocycles. The molecule has 2 rings (SSSR count). The van der Waals surface area contributed by atoms with E-state index in [9.17, 15) is 5.11 Å². The maximum atomic E-state index is 9.76.